The number of carbonyl (C=O) groups excluding carboxylic acids is 1. The molecule has 0 aromatic heterocycles. The van der Waals surface area contributed by atoms with Crippen molar-refractivity contribution in [2.45, 2.75) is 145 Å². The number of hydrogen-bond donors (Lipinski definition) is 1. The molecule has 1 N–H and O–H groups in total. The molecule has 0 aromatic carbocycles. The number of nitrogens with zero attached hydrogens (tertiary/aromatic N) is 1. The van der Waals surface area contributed by atoms with Crippen molar-refractivity contribution in [2.24, 2.45) is 62.1 Å². The zero-order chi connectivity index (χ0) is 33.4. The highest BCUT2D eigenvalue weighted by Gasteiger charge is 2.71. The Bertz CT molecular complexity index is 1170. The predicted molar refractivity (Wildman–Crippen MR) is 187 cm³/mol. The van der Waals surface area contributed by atoms with E-state index in [1.54, 1.807) is 0 Å². The van der Waals surface area contributed by atoms with Gasteiger partial charge in [-0.15, -0.1) is 0 Å². The summed E-state index contributed by atoms with van der Waals surface area (Å²) in [6.45, 7) is 28.7. The molecule has 0 heterocycles. The average molecular weight is 624 g/mol. The van der Waals surface area contributed by atoms with Gasteiger partial charge in [0.25, 0.3) is 0 Å². The monoisotopic (exact) mass is 624 g/mol. The van der Waals surface area contributed by atoms with Crippen LogP contribution in [0, 0.1) is 62.1 Å². The molecule has 256 valence electrons. The third-order valence-electron chi connectivity index (χ3n) is 15.8. The van der Waals surface area contributed by atoms with Gasteiger partial charge in [0.15, 0.2) is 0 Å². The van der Waals surface area contributed by atoms with E-state index in [-0.39, 0.29) is 34.1 Å². The van der Waals surface area contributed by atoms with Crippen LogP contribution < -0.4 is 0 Å². The van der Waals surface area contributed by atoms with Crippen molar-refractivity contribution >= 4 is 5.97 Å². The van der Waals surface area contributed by atoms with Crippen LogP contribution in [0.15, 0.2) is 24.5 Å². The maximum absolute atomic E-state index is 13.2. The fraction of sp³-hybridized carbons (Fsp3) is 0.878. The number of aliphatic hydroxyl groups is 1. The highest BCUT2D eigenvalue weighted by molar-refractivity contribution is 5.70. The van der Waals surface area contributed by atoms with E-state index >= 15 is 0 Å². The predicted octanol–water partition coefficient (Wildman–Crippen LogP) is 10.4. The normalized spacial score (nSPS) is 43.9. The molecule has 0 aliphatic heterocycles. The number of esters is 1. The molecule has 0 amide bonds. The Kier molecular flexibility index (Phi) is 9.10. The lowest BCUT2D eigenvalue weighted by molar-refractivity contribution is -0.250. The molecule has 10 atom stereocenters. The number of carbonyl (C=O) groups is 1. The zero-order valence-corrected chi connectivity index (χ0v) is 31.0. The Labute approximate surface area is 277 Å². The van der Waals surface area contributed by atoms with Gasteiger partial charge < -0.3 is 14.7 Å². The van der Waals surface area contributed by atoms with Crippen LogP contribution in [0.25, 0.3) is 0 Å². The van der Waals surface area contributed by atoms with Gasteiger partial charge in [-0.1, -0.05) is 67.2 Å². The number of ether oxygens (including phenoxy) is 1. The van der Waals surface area contributed by atoms with E-state index in [9.17, 15) is 9.90 Å². The SMILES string of the molecule is C=C(O)CC(C)(C)CC(=O)OC1CCC2(C)[C@H]3CCC4[C@H]5[C@H](C(=C)C)CCC5(CCN(C)C)CC[C@@]4(C)C3(C)CC[C@H]2C1(C)C. The van der Waals surface area contributed by atoms with Crippen molar-refractivity contribution in [1.29, 1.82) is 0 Å². The summed E-state index contributed by atoms with van der Waals surface area (Å²) in [6, 6.07) is 0. The van der Waals surface area contributed by atoms with Crippen molar-refractivity contribution in [3.8, 4) is 0 Å². The van der Waals surface area contributed by atoms with Gasteiger partial charge in [-0.05, 0) is 155 Å². The van der Waals surface area contributed by atoms with Crippen LogP contribution in [0.3, 0.4) is 0 Å². The van der Waals surface area contributed by atoms with Crippen molar-refractivity contribution in [2.75, 3.05) is 20.6 Å². The molecule has 5 aliphatic carbocycles. The number of allylic oxidation sites excluding steroid dienone is 2. The van der Waals surface area contributed by atoms with Crippen LogP contribution >= 0.6 is 0 Å². The topological polar surface area (TPSA) is 49.8 Å². The van der Waals surface area contributed by atoms with Crippen LogP contribution in [0.4, 0.5) is 0 Å². The van der Waals surface area contributed by atoms with Crippen LogP contribution in [-0.2, 0) is 9.53 Å². The van der Waals surface area contributed by atoms with E-state index < -0.39 is 0 Å². The van der Waals surface area contributed by atoms with E-state index in [0.717, 1.165) is 30.6 Å². The highest BCUT2D eigenvalue weighted by Crippen LogP contribution is 2.78. The summed E-state index contributed by atoms with van der Waals surface area (Å²) in [6.07, 6.45) is 14.9. The van der Waals surface area contributed by atoms with Crippen molar-refractivity contribution < 1.29 is 14.6 Å². The molecule has 5 unspecified atom stereocenters. The maximum atomic E-state index is 13.2. The van der Waals surface area contributed by atoms with Crippen LogP contribution in [0.1, 0.15) is 139 Å². The van der Waals surface area contributed by atoms with E-state index in [4.69, 9.17) is 4.74 Å². The van der Waals surface area contributed by atoms with Gasteiger partial charge in [0.1, 0.15) is 6.10 Å². The smallest absolute Gasteiger partial charge is 0.306 e. The second-order valence-electron chi connectivity index (χ2n) is 19.5. The molecule has 0 saturated heterocycles. The van der Waals surface area contributed by atoms with E-state index in [0.29, 0.717) is 40.9 Å². The van der Waals surface area contributed by atoms with Gasteiger partial charge >= 0.3 is 5.97 Å². The number of fused-ring (bicyclic) bond motifs is 7. The molecule has 45 heavy (non-hydrogen) atoms. The van der Waals surface area contributed by atoms with Gasteiger partial charge in [0.05, 0.1) is 12.2 Å². The number of hydrogen-bond acceptors (Lipinski definition) is 4. The summed E-state index contributed by atoms with van der Waals surface area (Å²) in [7, 11) is 4.50. The quantitative estimate of drug-likeness (QED) is 0.158. The largest absolute Gasteiger partial charge is 0.513 e. The van der Waals surface area contributed by atoms with Crippen LogP contribution in [0.5, 0.6) is 0 Å². The fourth-order valence-electron chi connectivity index (χ4n) is 13.6. The van der Waals surface area contributed by atoms with Crippen molar-refractivity contribution in [1.82, 2.24) is 4.90 Å². The zero-order valence-electron chi connectivity index (χ0n) is 31.0. The molecule has 4 nitrogen and oxygen atoms in total. The summed E-state index contributed by atoms with van der Waals surface area (Å²) in [4.78, 5) is 15.7. The number of aliphatic hydroxyl groups excluding tert-OH is 1. The summed E-state index contributed by atoms with van der Waals surface area (Å²) >= 11 is 0. The van der Waals surface area contributed by atoms with Crippen LogP contribution in [0.2, 0.25) is 0 Å². The molecule has 0 radical (unpaired) electrons. The summed E-state index contributed by atoms with van der Waals surface area (Å²) < 4.78 is 6.36. The van der Waals surface area contributed by atoms with E-state index in [2.05, 4.69) is 73.7 Å². The summed E-state index contributed by atoms with van der Waals surface area (Å²) in [5.74, 6) is 3.55. The van der Waals surface area contributed by atoms with E-state index in [1.807, 2.05) is 13.8 Å². The molecule has 4 heteroatoms. The lowest BCUT2D eigenvalue weighted by Crippen LogP contribution is -2.66. The van der Waals surface area contributed by atoms with Gasteiger partial charge in [-0.2, -0.15) is 0 Å². The molecule has 0 spiro atoms. The first-order valence-corrected chi connectivity index (χ1v) is 18.6. The third-order valence-corrected chi connectivity index (χ3v) is 15.8. The lowest BCUT2D eigenvalue weighted by atomic mass is 9.32. The Hall–Kier alpha value is -1.29. The molecular formula is C41H69NO3. The minimum absolute atomic E-state index is 0.0470. The summed E-state index contributed by atoms with van der Waals surface area (Å²) in [5.41, 5.74) is 2.49. The third kappa shape index (κ3) is 5.67. The van der Waals surface area contributed by atoms with Gasteiger partial charge in [0, 0.05) is 11.8 Å². The van der Waals surface area contributed by atoms with Gasteiger partial charge in [0.2, 0.25) is 0 Å². The number of rotatable bonds is 9. The first-order chi connectivity index (χ1) is 20.7. The Morgan fingerprint density at radius 3 is 2.18 bits per heavy atom. The standard InChI is InChI=1S/C41H69NO3/c1-27(2)29-15-20-41(23-24-42(11)12)22-21-39(9)30(35(29)41)13-14-32-38(8)18-17-33(37(6,7)31(38)16-19-40(32,39)10)45-34(44)26-36(4,5)25-28(3)43/h29-33,35,43H,1,3,13-26H2,2,4-12H3/t29-,30?,31-,32+,33?,35+,38?,39+,40?,41?/m0/s1. The lowest BCUT2D eigenvalue weighted by Gasteiger charge is -2.73. The molecule has 5 saturated carbocycles. The molecule has 5 fully saturated rings. The Balaban J connectivity index is 1.39. The molecule has 0 aromatic rings. The van der Waals surface area contributed by atoms with Crippen molar-refractivity contribution in [3.63, 3.8) is 0 Å². The fourth-order valence-corrected chi connectivity index (χ4v) is 13.6. The Morgan fingerprint density at radius 2 is 1.56 bits per heavy atom. The first kappa shape index (κ1) is 35.0. The summed E-state index contributed by atoms with van der Waals surface area (Å²) in [5, 5.41) is 9.76. The maximum Gasteiger partial charge on any atom is 0.306 e. The molecule has 5 aliphatic rings. The van der Waals surface area contributed by atoms with E-state index in [1.165, 1.54) is 69.9 Å². The molecular weight excluding hydrogens is 554 g/mol. The second-order valence-corrected chi connectivity index (χ2v) is 19.5. The van der Waals surface area contributed by atoms with Crippen LogP contribution in [-0.4, -0.2) is 42.7 Å². The minimum Gasteiger partial charge on any atom is -0.513 e. The molecule has 0 bridgehead atoms. The van der Waals surface area contributed by atoms with Crippen molar-refractivity contribution in [3.05, 3.63) is 24.5 Å². The Morgan fingerprint density at radius 1 is 0.867 bits per heavy atom. The highest BCUT2D eigenvalue weighted by atomic mass is 16.5. The average Bonchev–Trinajstić information content (AvgIpc) is 3.29. The van der Waals surface area contributed by atoms with Gasteiger partial charge in [-0.25, -0.2) is 0 Å². The second kappa shape index (κ2) is 11.7. The minimum atomic E-state index is -0.358. The first-order valence-electron chi connectivity index (χ1n) is 18.6. The van der Waals surface area contributed by atoms with Gasteiger partial charge in [-0.3, -0.25) is 4.79 Å². The molecule has 5 rings (SSSR count).